The predicted molar refractivity (Wildman–Crippen MR) is 254 cm³/mol. The first-order valence-corrected chi connectivity index (χ1v) is 24.9. The van der Waals surface area contributed by atoms with Gasteiger partial charge in [0, 0.05) is 25.0 Å². The lowest BCUT2D eigenvalue weighted by Gasteiger charge is -2.29. The second-order valence-electron chi connectivity index (χ2n) is 19.5. The molecule has 0 aromatic heterocycles. The maximum Gasteiger partial charge on any atom is 0.335 e. The summed E-state index contributed by atoms with van der Waals surface area (Å²) in [5.74, 6) is -13.6. The third-order valence-corrected chi connectivity index (χ3v) is 14.4. The summed E-state index contributed by atoms with van der Waals surface area (Å²) in [6, 6.07) is 27.0. The zero-order valence-corrected chi connectivity index (χ0v) is 39.4. The molecule has 0 aliphatic heterocycles. The largest absolute Gasteiger partial charge is 0.335 e. The standard InChI is InChI=1S/C29H38F4.C28H36F4/c1-3-4-5-6-7-8-9-22-10-12-23(13-11-22)24-14-16-25(17-15-24)26-18-20-27(21-19-26)29(32,33)28(2,30)31;1-3-4-5-6-7-8-21-9-11-22(12-10-21)23-13-15-24(16-14-23)25-17-19-26(20-18-25)28(31,32)27(2,29)30/h14-23H,3-13H2,1-2H3;13-22H,3-12H2,1-2H3. The van der Waals surface area contributed by atoms with Crippen molar-refractivity contribution in [3.63, 3.8) is 0 Å². The zero-order chi connectivity index (χ0) is 47.1. The van der Waals surface area contributed by atoms with Gasteiger partial charge in [-0.05, 0) is 108 Å². The minimum atomic E-state index is -4.18. The van der Waals surface area contributed by atoms with E-state index >= 15 is 0 Å². The Morgan fingerprint density at radius 3 is 0.892 bits per heavy atom. The molecule has 4 aromatic rings. The molecule has 0 radical (unpaired) electrons. The quantitative estimate of drug-likeness (QED) is 0.0577. The molecule has 65 heavy (non-hydrogen) atoms. The van der Waals surface area contributed by atoms with Crippen molar-refractivity contribution in [1.29, 1.82) is 0 Å². The number of alkyl halides is 8. The van der Waals surface area contributed by atoms with Crippen molar-refractivity contribution in [2.75, 3.05) is 0 Å². The normalized spacial score (nSPS) is 19.7. The third-order valence-electron chi connectivity index (χ3n) is 14.4. The lowest BCUT2D eigenvalue weighted by molar-refractivity contribution is -0.204. The Bertz CT molecular complexity index is 1920. The van der Waals surface area contributed by atoms with Gasteiger partial charge in [0.25, 0.3) is 0 Å². The second-order valence-corrected chi connectivity index (χ2v) is 19.5. The number of halogens is 8. The molecule has 8 heteroatoms. The van der Waals surface area contributed by atoms with Crippen LogP contribution in [0.5, 0.6) is 0 Å². The van der Waals surface area contributed by atoms with E-state index in [9.17, 15) is 35.1 Å². The van der Waals surface area contributed by atoms with Gasteiger partial charge >= 0.3 is 23.7 Å². The van der Waals surface area contributed by atoms with E-state index in [4.69, 9.17) is 0 Å². The Labute approximate surface area is 385 Å². The van der Waals surface area contributed by atoms with Crippen LogP contribution in [0, 0.1) is 11.8 Å². The second kappa shape index (κ2) is 24.4. The fraction of sp³-hybridized carbons (Fsp3) is 0.579. The van der Waals surface area contributed by atoms with Gasteiger partial charge in [0.1, 0.15) is 0 Å². The first-order valence-electron chi connectivity index (χ1n) is 24.9. The van der Waals surface area contributed by atoms with E-state index in [1.54, 1.807) is 0 Å². The number of benzene rings is 4. The summed E-state index contributed by atoms with van der Waals surface area (Å²) in [5.41, 5.74) is 4.68. The molecular formula is C57H74F8. The minimum absolute atomic E-state index is 0.251. The van der Waals surface area contributed by atoms with Crippen molar-refractivity contribution in [1.82, 2.24) is 0 Å². The minimum Gasteiger partial charge on any atom is -0.200 e. The summed E-state index contributed by atoms with van der Waals surface area (Å²) in [5, 5.41) is 0. The molecule has 0 unspecified atom stereocenters. The van der Waals surface area contributed by atoms with Crippen LogP contribution in [0.1, 0.15) is 197 Å². The van der Waals surface area contributed by atoms with Gasteiger partial charge < -0.3 is 0 Å². The molecule has 0 N–H and O–H groups in total. The number of rotatable bonds is 21. The molecule has 358 valence electrons. The van der Waals surface area contributed by atoms with Crippen LogP contribution in [-0.4, -0.2) is 11.8 Å². The molecule has 0 heterocycles. The summed E-state index contributed by atoms with van der Waals surface area (Å²) in [7, 11) is 0. The van der Waals surface area contributed by atoms with Gasteiger partial charge in [0.05, 0.1) is 0 Å². The monoisotopic (exact) mass is 911 g/mol. The van der Waals surface area contributed by atoms with Crippen molar-refractivity contribution < 1.29 is 35.1 Å². The molecular weight excluding hydrogens is 837 g/mol. The van der Waals surface area contributed by atoms with E-state index in [1.807, 2.05) is 24.3 Å². The van der Waals surface area contributed by atoms with Crippen LogP contribution < -0.4 is 0 Å². The first kappa shape index (κ1) is 52.3. The summed E-state index contributed by atoms with van der Waals surface area (Å²) in [6.07, 6.45) is 27.8. The third kappa shape index (κ3) is 14.9. The average Bonchev–Trinajstić information content (AvgIpc) is 3.30. The number of hydrogen-bond acceptors (Lipinski definition) is 0. The molecule has 2 saturated carbocycles. The first-order chi connectivity index (χ1) is 30.9. The topological polar surface area (TPSA) is 0 Å². The van der Waals surface area contributed by atoms with Crippen LogP contribution in [0.2, 0.25) is 0 Å². The Kier molecular flexibility index (Phi) is 19.6. The average molecular weight is 911 g/mol. The highest BCUT2D eigenvalue weighted by Crippen LogP contribution is 2.45. The van der Waals surface area contributed by atoms with Gasteiger partial charge in [-0.25, -0.2) is 0 Å². The molecule has 2 fully saturated rings. The summed E-state index contributed by atoms with van der Waals surface area (Å²) >= 11 is 0. The predicted octanol–water partition coefficient (Wildman–Crippen LogP) is 19.9. The van der Waals surface area contributed by atoms with Crippen molar-refractivity contribution in [2.45, 2.75) is 198 Å². The van der Waals surface area contributed by atoms with Gasteiger partial charge in [-0.1, -0.05) is 194 Å². The molecule has 6 rings (SSSR count). The lowest BCUT2D eigenvalue weighted by atomic mass is 9.77. The molecule has 0 saturated heterocycles. The fourth-order valence-corrected chi connectivity index (χ4v) is 9.97. The van der Waals surface area contributed by atoms with Crippen molar-refractivity contribution in [3.05, 3.63) is 119 Å². The Morgan fingerprint density at radius 2 is 0.615 bits per heavy atom. The van der Waals surface area contributed by atoms with E-state index in [0.29, 0.717) is 11.8 Å². The van der Waals surface area contributed by atoms with Gasteiger partial charge in [-0.15, -0.1) is 0 Å². The maximum atomic E-state index is 13.9. The molecule has 2 aliphatic rings. The highest BCUT2D eigenvalue weighted by Gasteiger charge is 2.54. The van der Waals surface area contributed by atoms with Crippen LogP contribution in [0.4, 0.5) is 35.1 Å². The van der Waals surface area contributed by atoms with Crippen molar-refractivity contribution in [3.8, 4) is 22.3 Å². The van der Waals surface area contributed by atoms with Crippen molar-refractivity contribution in [2.24, 2.45) is 11.8 Å². The fourth-order valence-electron chi connectivity index (χ4n) is 9.97. The van der Waals surface area contributed by atoms with E-state index in [-0.39, 0.29) is 13.8 Å². The van der Waals surface area contributed by atoms with Crippen LogP contribution in [-0.2, 0) is 11.8 Å². The highest BCUT2D eigenvalue weighted by molar-refractivity contribution is 5.65. The summed E-state index contributed by atoms with van der Waals surface area (Å²) in [6.45, 7) is 5.01. The summed E-state index contributed by atoms with van der Waals surface area (Å²) < 4.78 is 108. The van der Waals surface area contributed by atoms with Crippen LogP contribution in [0.25, 0.3) is 22.3 Å². The van der Waals surface area contributed by atoms with E-state index < -0.39 is 34.8 Å². The molecule has 0 atom stereocenters. The van der Waals surface area contributed by atoms with Crippen molar-refractivity contribution >= 4 is 0 Å². The van der Waals surface area contributed by atoms with Gasteiger partial charge in [0.15, 0.2) is 0 Å². The van der Waals surface area contributed by atoms with Crippen LogP contribution in [0.15, 0.2) is 97.1 Å². The Morgan fingerprint density at radius 1 is 0.354 bits per heavy atom. The lowest BCUT2D eigenvalue weighted by Crippen LogP contribution is -2.34. The Balaban J connectivity index is 0.000000244. The molecule has 0 spiro atoms. The molecule has 4 aromatic carbocycles. The molecule has 0 bridgehead atoms. The van der Waals surface area contributed by atoms with Gasteiger partial charge in [-0.3, -0.25) is 0 Å². The van der Waals surface area contributed by atoms with Gasteiger partial charge in [0.2, 0.25) is 0 Å². The maximum absolute atomic E-state index is 13.9. The van der Waals surface area contributed by atoms with Crippen LogP contribution >= 0.6 is 0 Å². The molecule has 0 nitrogen and oxygen atoms in total. The van der Waals surface area contributed by atoms with E-state index in [1.165, 1.54) is 170 Å². The number of unbranched alkanes of at least 4 members (excludes halogenated alkanes) is 9. The SMILES string of the molecule is CCCCCCCC1CCC(c2ccc(-c3ccc(C(F)(F)C(C)(F)F)cc3)cc2)CC1.CCCCCCCCC1CCC(c2ccc(-c3ccc(C(F)(F)C(C)(F)F)cc3)cc2)CC1. The number of hydrogen-bond donors (Lipinski definition) is 0. The highest BCUT2D eigenvalue weighted by atomic mass is 19.3. The summed E-state index contributed by atoms with van der Waals surface area (Å²) in [4.78, 5) is 0. The van der Waals surface area contributed by atoms with E-state index in [0.717, 1.165) is 58.4 Å². The van der Waals surface area contributed by atoms with Crippen LogP contribution in [0.3, 0.4) is 0 Å². The smallest absolute Gasteiger partial charge is 0.200 e. The Hall–Kier alpha value is -3.68. The van der Waals surface area contributed by atoms with Gasteiger partial charge in [-0.2, -0.15) is 35.1 Å². The molecule has 0 amide bonds. The molecule has 2 aliphatic carbocycles. The van der Waals surface area contributed by atoms with E-state index in [2.05, 4.69) is 38.1 Å². The zero-order valence-electron chi connectivity index (χ0n) is 39.4.